The highest BCUT2D eigenvalue weighted by molar-refractivity contribution is 14.0. The van der Waals surface area contributed by atoms with Crippen molar-refractivity contribution in [2.24, 2.45) is 4.99 Å². The molecule has 0 spiro atoms. The molecule has 0 aliphatic rings. The second-order valence-electron chi connectivity index (χ2n) is 6.71. The van der Waals surface area contributed by atoms with Crippen LogP contribution in [-0.4, -0.2) is 57.5 Å². The minimum atomic E-state index is -0.491. The summed E-state index contributed by atoms with van der Waals surface area (Å²) in [6.45, 7) is 9.70. The molecule has 0 saturated carbocycles. The first kappa shape index (κ1) is 26.5. The third-order valence-electron chi connectivity index (χ3n) is 3.18. The van der Waals surface area contributed by atoms with E-state index in [9.17, 15) is 4.79 Å². The molecule has 0 aliphatic carbocycles. The fourth-order valence-corrected chi connectivity index (χ4v) is 2.01. The van der Waals surface area contributed by atoms with E-state index in [0.29, 0.717) is 13.2 Å². The van der Waals surface area contributed by atoms with Crippen molar-refractivity contribution in [1.82, 2.24) is 16.0 Å². The van der Waals surface area contributed by atoms with E-state index >= 15 is 0 Å². The summed E-state index contributed by atoms with van der Waals surface area (Å²) >= 11 is 0. The van der Waals surface area contributed by atoms with E-state index in [2.05, 4.69) is 27.9 Å². The number of nitrogens with one attached hydrogen (secondary N) is 3. The first-order chi connectivity index (χ1) is 11.3. The summed E-state index contributed by atoms with van der Waals surface area (Å²) in [5, 5.41) is 9.44. The van der Waals surface area contributed by atoms with E-state index in [1.54, 1.807) is 14.2 Å². The number of unbranched alkanes of at least 4 members (excludes halogenated alkanes) is 1. The van der Waals surface area contributed by atoms with Crippen molar-refractivity contribution < 1.29 is 14.3 Å². The fraction of sp³-hybridized carbons (Fsp3) is 0.882. The quantitative estimate of drug-likeness (QED) is 0.197. The number of aliphatic imine (C=N–C) groups is 1. The predicted molar refractivity (Wildman–Crippen MR) is 114 cm³/mol. The van der Waals surface area contributed by atoms with E-state index in [1.165, 1.54) is 0 Å². The molecule has 3 N–H and O–H groups in total. The molecule has 0 aromatic rings. The Bertz CT molecular complexity index is 373. The maximum atomic E-state index is 11.8. The van der Waals surface area contributed by atoms with Crippen LogP contribution in [0.2, 0.25) is 0 Å². The van der Waals surface area contributed by atoms with Crippen LogP contribution in [0.25, 0.3) is 0 Å². The van der Waals surface area contributed by atoms with Gasteiger partial charge in [-0.3, -0.25) is 4.99 Å². The number of ether oxygens (including phenoxy) is 2. The van der Waals surface area contributed by atoms with E-state index < -0.39 is 11.7 Å². The topological polar surface area (TPSA) is 84.0 Å². The predicted octanol–water partition coefficient (Wildman–Crippen LogP) is 2.89. The van der Waals surface area contributed by atoms with Gasteiger partial charge in [0.2, 0.25) is 0 Å². The lowest BCUT2D eigenvalue weighted by Crippen LogP contribution is -2.49. The number of halogens is 1. The van der Waals surface area contributed by atoms with Gasteiger partial charge in [0.1, 0.15) is 5.60 Å². The molecular weight excluding hydrogens is 435 g/mol. The van der Waals surface area contributed by atoms with Gasteiger partial charge in [-0.1, -0.05) is 19.8 Å². The summed E-state index contributed by atoms with van der Waals surface area (Å²) < 4.78 is 10.3. The highest BCUT2D eigenvalue weighted by atomic mass is 127. The lowest BCUT2D eigenvalue weighted by Gasteiger charge is -2.24. The molecule has 1 amide bonds. The summed E-state index contributed by atoms with van der Waals surface area (Å²) in [7, 11) is 3.43. The standard InChI is InChI=1S/C17H36N4O3.HI/c1-7-8-10-14(13-20-16(22)24-17(2,3)4)21-15(18-5)19-11-9-12-23-6;/h14H,7-13H2,1-6H3,(H,20,22)(H2,18,19,21);1H. The van der Waals surface area contributed by atoms with Gasteiger partial charge in [-0.05, 0) is 33.6 Å². The fourth-order valence-electron chi connectivity index (χ4n) is 2.01. The number of rotatable bonds is 10. The van der Waals surface area contributed by atoms with E-state index in [-0.39, 0.29) is 30.0 Å². The number of alkyl carbamates (subject to hydrolysis) is 1. The van der Waals surface area contributed by atoms with Gasteiger partial charge in [-0.15, -0.1) is 24.0 Å². The molecule has 0 bridgehead atoms. The number of methoxy groups -OCH3 is 1. The number of hydrogen-bond donors (Lipinski definition) is 3. The molecule has 150 valence electrons. The van der Waals surface area contributed by atoms with Crippen LogP contribution in [0, 0.1) is 0 Å². The molecule has 25 heavy (non-hydrogen) atoms. The number of hydrogen-bond acceptors (Lipinski definition) is 4. The Labute approximate surface area is 170 Å². The maximum Gasteiger partial charge on any atom is 0.407 e. The van der Waals surface area contributed by atoms with Gasteiger partial charge < -0.3 is 25.4 Å². The molecule has 0 fully saturated rings. The number of carbonyl (C=O) groups excluding carboxylic acids is 1. The molecule has 1 atom stereocenters. The summed E-state index contributed by atoms with van der Waals surface area (Å²) in [5.41, 5.74) is -0.491. The zero-order valence-electron chi connectivity index (χ0n) is 16.6. The SMILES string of the molecule is CCCCC(CNC(=O)OC(C)(C)C)NC(=NC)NCCCOC.I. The Hall–Kier alpha value is -0.770. The van der Waals surface area contributed by atoms with Crippen molar-refractivity contribution >= 4 is 36.0 Å². The molecule has 0 rings (SSSR count). The smallest absolute Gasteiger partial charge is 0.407 e. The van der Waals surface area contributed by atoms with Crippen LogP contribution in [0.4, 0.5) is 4.79 Å². The van der Waals surface area contributed by atoms with Crippen molar-refractivity contribution in [3.63, 3.8) is 0 Å². The van der Waals surface area contributed by atoms with Gasteiger partial charge in [-0.25, -0.2) is 4.79 Å². The zero-order valence-corrected chi connectivity index (χ0v) is 18.9. The monoisotopic (exact) mass is 472 g/mol. The first-order valence-electron chi connectivity index (χ1n) is 8.75. The van der Waals surface area contributed by atoms with Crippen LogP contribution in [0.3, 0.4) is 0 Å². The van der Waals surface area contributed by atoms with Crippen LogP contribution in [0.1, 0.15) is 53.4 Å². The highest BCUT2D eigenvalue weighted by Crippen LogP contribution is 2.06. The Morgan fingerprint density at radius 2 is 1.88 bits per heavy atom. The number of nitrogens with zero attached hydrogens (tertiary/aromatic N) is 1. The molecule has 0 aromatic carbocycles. The van der Waals surface area contributed by atoms with Crippen LogP contribution < -0.4 is 16.0 Å². The van der Waals surface area contributed by atoms with Gasteiger partial charge in [0, 0.05) is 39.9 Å². The first-order valence-corrected chi connectivity index (χ1v) is 8.75. The molecule has 7 nitrogen and oxygen atoms in total. The second kappa shape index (κ2) is 15.5. The summed E-state index contributed by atoms with van der Waals surface area (Å²) in [6.07, 6.45) is 3.64. The Morgan fingerprint density at radius 3 is 2.40 bits per heavy atom. The molecule has 0 heterocycles. The average molecular weight is 472 g/mol. The third kappa shape index (κ3) is 16.4. The average Bonchev–Trinajstić information content (AvgIpc) is 2.50. The lowest BCUT2D eigenvalue weighted by atomic mass is 10.1. The summed E-state index contributed by atoms with van der Waals surface area (Å²) in [6, 6.07) is 0.103. The van der Waals surface area contributed by atoms with Gasteiger partial charge in [-0.2, -0.15) is 0 Å². The van der Waals surface area contributed by atoms with Crippen molar-refractivity contribution in [3.05, 3.63) is 0 Å². The van der Waals surface area contributed by atoms with Gasteiger partial charge >= 0.3 is 6.09 Å². The zero-order chi connectivity index (χ0) is 18.4. The van der Waals surface area contributed by atoms with Crippen LogP contribution in [0.5, 0.6) is 0 Å². The second-order valence-corrected chi connectivity index (χ2v) is 6.71. The van der Waals surface area contributed by atoms with E-state index in [4.69, 9.17) is 9.47 Å². The Balaban J connectivity index is 0. The van der Waals surface area contributed by atoms with Crippen molar-refractivity contribution in [2.45, 2.75) is 65.0 Å². The van der Waals surface area contributed by atoms with Crippen molar-refractivity contribution in [2.75, 3.05) is 33.9 Å². The van der Waals surface area contributed by atoms with E-state index in [1.807, 2.05) is 20.8 Å². The number of carbonyl (C=O) groups is 1. The van der Waals surface area contributed by atoms with E-state index in [0.717, 1.165) is 38.2 Å². The minimum absolute atomic E-state index is 0. The third-order valence-corrected chi connectivity index (χ3v) is 3.18. The van der Waals surface area contributed by atoms with Crippen LogP contribution in [0.15, 0.2) is 4.99 Å². The Kier molecular flexibility index (Phi) is 16.4. The van der Waals surface area contributed by atoms with Gasteiger partial charge in [0.15, 0.2) is 5.96 Å². The largest absolute Gasteiger partial charge is 0.444 e. The Morgan fingerprint density at radius 1 is 1.20 bits per heavy atom. The van der Waals surface area contributed by atoms with Crippen LogP contribution >= 0.6 is 24.0 Å². The normalized spacial score (nSPS) is 12.8. The summed E-state index contributed by atoms with van der Waals surface area (Å²) in [4.78, 5) is 16.0. The number of guanidine groups is 1. The highest BCUT2D eigenvalue weighted by Gasteiger charge is 2.17. The number of amides is 1. The lowest BCUT2D eigenvalue weighted by molar-refractivity contribution is 0.0523. The minimum Gasteiger partial charge on any atom is -0.444 e. The molecular formula is C17H37IN4O3. The molecule has 0 saturated heterocycles. The molecule has 0 aliphatic heterocycles. The summed E-state index contributed by atoms with van der Waals surface area (Å²) in [5.74, 6) is 0.734. The molecule has 0 aromatic heterocycles. The maximum absolute atomic E-state index is 11.8. The molecule has 0 radical (unpaired) electrons. The van der Waals surface area contributed by atoms with Gasteiger partial charge in [0.05, 0.1) is 0 Å². The van der Waals surface area contributed by atoms with Crippen LogP contribution in [-0.2, 0) is 9.47 Å². The molecule has 1 unspecified atom stereocenters. The van der Waals surface area contributed by atoms with Crippen molar-refractivity contribution in [1.29, 1.82) is 0 Å². The van der Waals surface area contributed by atoms with Gasteiger partial charge in [0.25, 0.3) is 0 Å². The van der Waals surface area contributed by atoms with Crippen molar-refractivity contribution in [3.8, 4) is 0 Å². The molecule has 8 heteroatoms.